The summed E-state index contributed by atoms with van der Waals surface area (Å²) in [5.41, 5.74) is 1.80. The smallest absolute Gasteiger partial charge is 0.333 e. The van der Waals surface area contributed by atoms with Crippen molar-refractivity contribution < 1.29 is 17.7 Å². The molecule has 3 aromatic rings. The molecular weight excluding hydrogens is 382 g/mol. The number of hydrogen-bond donors (Lipinski definition) is 3. The standard InChI is InChI=1S/C18H21N5O4S/c19-28(25,26)27-11-12-8-14(9-17(12)24)23-7-6-15-16(23)10-20-22-18(15)21-13-4-2-1-3-5-13/h1-7,10,12,14,17,24H,8-9,11H2,(H,21,22)(H2,19,25,26)/t12-,14+,17-/m0/s1. The van der Waals surface area contributed by atoms with Gasteiger partial charge in [0.05, 0.1) is 24.4 Å². The fourth-order valence-electron chi connectivity index (χ4n) is 3.72. The molecule has 4 N–H and O–H groups in total. The summed E-state index contributed by atoms with van der Waals surface area (Å²) >= 11 is 0. The van der Waals surface area contributed by atoms with Crippen molar-refractivity contribution in [3.05, 3.63) is 48.8 Å². The van der Waals surface area contributed by atoms with Gasteiger partial charge in [0, 0.05) is 29.2 Å². The van der Waals surface area contributed by atoms with Crippen LogP contribution in [0.2, 0.25) is 0 Å². The molecule has 9 nitrogen and oxygen atoms in total. The number of benzene rings is 1. The zero-order chi connectivity index (χ0) is 19.7. The van der Waals surface area contributed by atoms with Gasteiger partial charge in [-0.05, 0) is 31.0 Å². The van der Waals surface area contributed by atoms with E-state index >= 15 is 0 Å². The quantitative estimate of drug-likeness (QED) is 0.571. The third kappa shape index (κ3) is 3.99. The molecule has 0 spiro atoms. The maximum atomic E-state index is 11.0. The van der Waals surface area contributed by atoms with E-state index in [4.69, 9.17) is 5.14 Å². The summed E-state index contributed by atoms with van der Waals surface area (Å²) in [6.07, 6.45) is 4.02. The number of nitrogens with two attached hydrogens (primary N) is 1. The lowest BCUT2D eigenvalue weighted by Crippen LogP contribution is -2.24. The van der Waals surface area contributed by atoms with Gasteiger partial charge in [-0.25, -0.2) is 5.14 Å². The normalized spacial score (nSPS) is 22.6. The third-order valence-electron chi connectivity index (χ3n) is 5.06. The summed E-state index contributed by atoms with van der Waals surface area (Å²) in [6, 6.07) is 11.7. The van der Waals surface area contributed by atoms with Crippen molar-refractivity contribution in [1.82, 2.24) is 14.8 Å². The van der Waals surface area contributed by atoms with E-state index in [-0.39, 0.29) is 18.6 Å². The summed E-state index contributed by atoms with van der Waals surface area (Å²) < 4.78 is 28.7. The maximum Gasteiger partial charge on any atom is 0.333 e. The van der Waals surface area contributed by atoms with E-state index in [2.05, 4.69) is 19.7 Å². The highest BCUT2D eigenvalue weighted by atomic mass is 32.2. The number of aliphatic hydroxyl groups excluding tert-OH is 1. The van der Waals surface area contributed by atoms with Gasteiger partial charge in [0.25, 0.3) is 0 Å². The van der Waals surface area contributed by atoms with Crippen LogP contribution in [-0.4, -0.2) is 41.0 Å². The van der Waals surface area contributed by atoms with E-state index in [9.17, 15) is 13.5 Å². The van der Waals surface area contributed by atoms with Crippen LogP contribution in [0.5, 0.6) is 0 Å². The third-order valence-corrected chi connectivity index (χ3v) is 5.52. The number of aromatic nitrogens is 3. The molecule has 3 atom stereocenters. The SMILES string of the molecule is NS(=O)(=O)OC[C@@H]1C[C@@H](n2ccc3c(Nc4ccccc4)nncc32)C[C@@H]1O. The molecule has 0 radical (unpaired) electrons. The average molecular weight is 403 g/mol. The van der Waals surface area contributed by atoms with Gasteiger partial charge >= 0.3 is 10.3 Å². The molecule has 1 fully saturated rings. The molecule has 2 heterocycles. The fourth-order valence-corrected chi connectivity index (χ4v) is 4.09. The van der Waals surface area contributed by atoms with Gasteiger partial charge in [-0.15, -0.1) is 5.10 Å². The predicted octanol–water partition coefficient (Wildman–Crippen LogP) is 1.71. The molecule has 10 heteroatoms. The second-order valence-corrected chi connectivity index (χ2v) is 8.16. The first kappa shape index (κ1) is 18.8. The molecule has 1 aromatic carbocycles. The Hall–Kier alpha value is -2.53. The van der Waals surface area contributed by atoms with Crippen molar-refractivity contribution in [2.75, 3.05) is 11.9 Å². The first-order valence-electron chi connectivity index (χ1n) is 8.90. The van der Waals surface area contributed by atoms with Gasteiger partial charge < -0.3 is 15.0 Å². The van der Waals surface area contributed by atoms with Crippen LogP contribution < -0.4 is 10.5 Å². The largest absolute Gasteiger partial charge is 0.393 e. The maximum absolute atomic E-state index is 11.0. The van der Waals surface area contributed by atoms with Gasteiger partial charge in [-0.3, -0.25) is 4.18 Å². The lowest BCUT2D eigenvalue weighted by Gasteiger charge is -2.14. The molecule has 0 aliphatic heterocycles. The minimum atomic E-state index is -4.02. The molecule has 2 aromatic heterocycles. The number of aliphatic hydroxyl groups is 1. The van der Waals surface area contributed by atoms with E-state index in [0.717, 1.165) is 16.6 Å². The van der Waals surface area contributed by atoms with Crippen LogP contribution >= 0.6 is 0 Å². The molecule has 1 saturated carbocycles. The molecule has 148 valence electrons. The van der Waals surface area contributed by atoms with Gasteiger partial charge in [-0.2, -0.15) is 13.5 Å². The van der Waals surface area contributed by atoms with Crippen LogP contribution in [0.25, 0.3) is 10.9 Å². The Bertz CT molecular complexity index is 1070. The van der Waals surface area contributed by atoms with Crippen molar-refractivity contribution in [2.45, 2.75) is 25.0 Å². The Labute approximate surface area is 162 Å². The van der Waals surface area contributed by atoms with E-state index in [1.54, 1.807) is 6.20 Å². The summed E-state index contributed by atoms with van der Waals surface area (Å²) in [6.45, 7) is -0.129. The molecule has 0 bridgehead atoms. The highest BCUT2D eigenvalue weighted by Crippen LogP contribution is 2.38. The van der Waals surface area contributed by atoms with Crippen molar-refractivity contribution in [2.24, 2.45) is 11.1 Å². The van der Waals surface area contributed by atoms with Gasteiger partial charge in [0.15, 0.2) is 5.82 Å². The Balaban J connectivity index is 1.56. The molecule has 0 amide bonds. The fraction of sp³-hybridized carbons (Fsp3) is 0.333. The number of hydrogen-bond acceptors (Lipinski definition) is 7. The van der Waals surface area contributed by atoms with Crippen LogP contribution in [0.3, 0.4) is 0 Å². The zero-order valence-corrected chi connectivity index (χ0v) is 15.8. The van der Waals surface area contributed by atoms with E-state index in [1.165, 1.54) is 0 Å². The summed E-state index contributed by atoms with van der Waals surface area (Å²) in [7, 11) is -4.02. The molecule has 0 unspecified atom stereocenters. The van der Waals surface area contributed by atoms with Crippen LogP contribution in [0.1, 0.15) is 18.9 Å². The number of rotatable bonds is 6. The van der Waals surface area contributed by atoms with Crippen LogP contribution in [0.15, 0.2) is 48.8 Å². The number of para-hydroxylation sites is 1. The van der Waals surface area contributed by atoms with E-state index < -0.39 is 16.4 Å². The van der Waals surface area contributed by atoms with Crippen molar-refractivity contribution in [3.63, 3.8) is 0 Å². The lowest BCUT2D eigenvalue weighted by molar-refractivity contribution is 0.100. The number of nitrogens with one attached hydrogen (secondary N) is 1. The summed E-state index contributed by atoms with van der Waals surface area (Å²) in [5.74, 6) is 0.340. The van der Waals surface area contributed by atoms with Crippen molar-refractivity contribution in [1.29, 1.82) is 0 Å². The first-order valence-corrected chi connectivity index (χ1v) is 10.4. The first-order chi connectivity index (χ1) is 13.4. The topological polar surface area (TPSA) is 132 Å². The van der Waals surface area contributed by atoms with Crippen LogP contribution in [0.4, 0.5) is 11.5 Å². The Morgan fingerprint density at radius 1 is 1.25 bits per heavy atom. The molecule has 1 aliphatic rings. The second-order valence-electron chi connectivity index (χ2n) is 6.94. The summed E-state index contributed by atoms with van der Waals surface area (Å²) in [4.78, 5) is 0. The average Bonchev–Trinajstić information content (AvgIpc) is 3.24. The number of anilines is 2. The zero-order valence-electron chi connectivity index (χ0n) is 15.0. The predicted molar refractivity (Wildman–Crippen MR) is 104 cm³/mol. The Kier molecular flexibility index (Phi) is 5.02. The second kappa shape index (κ2) is 7.47. The van der Waals surface area contributed by atoms with Crippen LogP contribution in [-0.2, 0) is 14.5 Å². The highest BCUT2D eigenvalue weighted by Gasteiger charge is 2.35. The monoisotopic (exact) mass is 403 g/mol. The van der Waals surface area contributed by atoms with E-state index in [1.807, 2.05) is 47.2 Å². The van der Waals surface area contributed by atoms with E-state index in [0.29, 0.717) is 18.7 Å². The molecule has 28 heavy (non-hydrogen) atoms. The Morgan fingerprint density at radius 2 is 2.04 bits per heavy atom. The number of fused-ring (bicyclic) bond motifs is 1. The van der Waals surface area contributed by atoms with Crippen molar-refractivity contribution >= 4 is 32.7 Å². The van der Waals surface area contributed by atoms with Crippen LogP contribution in [0, 0.1) is 5.92 Å². The van der Waals surface area contributed by atoms with Gasteiger partial charge in [-0.1, -0.05) is 18.2 Å². The van der Waals surface area contributed by atoms with Gasteiger partial charge in [0.1, 0.15) is 0 Å². The molecular formula is C18H21N5O4S. The molecule has 4 rings (SSSR count). The minimum Gasteiger partial charge on any atom is -0.393 e. The van der Waals surface area contributed by atoms with Gasteiger partial charge in [0.2, 0.25) is 0 Å². The highest BCUT2D eigenvalue weighted by molar-refractivity contribution is 7.84. The summed E-state index contributed by atoms with van der Waals surface area (Å²) in [5, 5.41) is 27.7. The molecule has 1 aliphatic carbocycles. The molecule has 0 saturated heterocycles. The lowest BCUT2D eigenvalue weighted by atomic mass is 10.1. The number of nitrogens with zero attached hydrogens (tertiary/aromatic N) is 3. The minimum absolute atomic E-state index is 0.00430. The Morgan fingerprint density at radius 3 is 2.79 bits per heavy atom. The van der Waals surface area contributed by atoms with Crippen molar-refractivity contribution in [3.8, 4) is 0 Å².